The lowest BCUT2D eigenvalue weighted by Gasteiger charge is -2.34. The Balaban J connectivity index is 1.86. The summed E-state index contributed by atoms with van der Waals surface area (Å²) in [6.45, 7) is 2.66. The summed E-state index contributed by atoms with van der Waals surface area (Å²) in [5, 5.41) is 15.9. The number of hydrogen-bond acceptors (Lipinski definition) is 6. The molecule has 1 aromatic heterocycles. The molecule has 0 radical (unpaired) electrons. The van der Waals surface area contributed by atoms with Gasteiger partial charge in [-0.2, -0.15) is 9.40 Å². The van der Waals surface area contributed by atoms with Gasteiger partial charge in [0.1, 0.15) is 10.6 Å². The molecule has 1 aliphatic rings. The Kier molecular flexibility index (Phi) is 5.85. The number of piperazine rings is 1. The molecule has 0 bridgehead atoms. The zero-order valence-corrected chi connectivity index (χ0v) is 17.6. The summed E-state index contributed by atoms with van der Waals surface area (Å²) in [6, 6.07) is 4.53. The minimum Gasteiger partial charge on any atom is -0.348 e. The first-order chi connectivity index (χ1) is 13.2. The van der Waals surface area contributed by atoms with Crippen LogP contribution in [0.3, 0.4) is 0 Å². The largest absolute Gasteiger partial charge is 0.348 e. The van der Waals surface area contributed by atoms with Gasteiger partial charge in [0.15, 0.2) is 0 Å². The van der Waals surface area contributed by atoms with Crippen molar-refractivity contribution < 1.29 is 13.3 Å². The van der Waals surface area contributed by atoms with Crippen LogP contribution in [0.5, 0.6) is 0 Å². The summed E-state index contributed by atoms with van der Waals surface area (Å²) in [5.41, 5.74) is 0.371. The van der Waals surface area contributed by atoms with Crippen LogP contribution in [0, 0.1) is 10.1 Å². The molecular formula is C16H19Cl2N5O4S. The van der Waals surface area contributed by atoms with Crippen molar-refractivity contribution in [1.29, 1.82) is 0 Å². The second-order valence-corrected chi connectivity index (χ2v) is 8.98. The average Bonchev–Trinajstić information content (AvgIpc) is 2.98. The van der Waals surface area contributed by atoms with Crippen molar-refractivity contribution in [2.24, 2.45) is 7.05 Å². The van der Waals surface area contributed by atoms with Crippen LogP contribution in [0.15, 0.2) is 23.1 Å². The van der Waals surface area contributed by atoms with E-state index in [4.69, 9.17) is 23.2 Å². The maximum absolute atomic E-state index is 13.0. The quantitative estimate of drug-likeness (QED) is 0.515. The molecule has 2 aromatic rings. The number of aromatic nitrogens is 2. The van der Waals surface area contributed by atoms with E-state index in [1.807, 2.05) is 0 Å². The molecule has 3 rings (SSSR count). The van der Waals surface area contributed by atoms with Gasteiger partial charge >= 0.3 is 5.69 Å². The van der Waals surface area contributed by atoms with Gasteiger partial charge in [-0.25, -0.2) is 13.1 Å². The van der Waals surface area contributed by atoms with E-state index in [0.717, 1.165) is 0 Å². The third kappa shape index (κ3) is 3.57. The lowest BCUT2D eigenvalue weighted by Crippen LogP contribution is -2.49. The summed E-state index contributed by atoms with van der Waals surface area (Å²) >= 11 is 12.1. The molecule has 1 aromatic carbocycles. The fraction of sp³-hybridized carbons (Fsp3) is 0.438. The molecule has 1 fully saturated rings. The summed E-state index contributed by atoms with van der Waals surface area (Å²) in [5.74, 6) is 0.384. The van der Waals surface area contributed by atoms with Crippen molar-refractivity contribution in [1.82, 2.24) is 14.1 Å². The summed E-state index contributed by atoms with van der Waals surface area (Å²) < 4.78 is 28.7. The number of nitrogens with zero attached hydrogens (tertiary/aromatic N) is 5. The predicted octanol–water partition coefficient (Wildman–Crippen LogP) is 2.71. The van der Waals surface area contributed by atoms with Crippen LogP contribution in [-0.4, -0.2) is 53.6 Å². The van der Waals surface area contributed by atoms with Crippen molar-refractivity contribution in [2.45, 2.75) is 18.2 Å². The Bertz CT molecular complexity index is 996. The van der Waals surface area contributed by atoms with Crippen molar-refractivity contribution in [3.05, 3.63) is 44.1 Å². The van der Waals surface area contributed by atoms with Crippen LogP contribution in [0.1, 0.15) is 12.6 Å². The first-order valence-corrected chi connectivity index (χ1v) is 10.8. The molecule has 0 saturated carbocycles. The highest BCUT2D eigenvalue weighted by atomic mass is 35.5. The van der Waals surface area contributed by atoms with Crippen molar-refractivity contribution in [3.8, 4) is 0 Å². The smallest absolute Gasteiger partial charge is 0.334 e. The van der Waals surface area contributed by atoms with Gasteiger partial charge in [0.05, 0.1) is 15.0 Å². The van der Waals surface area contributed by atoms with Crippen LogP contribution in [-0.2, 0) is 23.5 Å². The van der Waals surface area contributed by atoms with Gasteiger partial charge in [-0.3, -0.25) is 10.1 Å². The second-order valence-electron chi connectivity index (χ2n) is 6.30. The molecule has 12 heteroatoms. The lowest BCUT2D eigenvalue weighted by molar-refractivity contribution is -0.384. The van der Waals surface area contributed by atoms with E-state index >= 15 is 0 Å². The average molecular weight is 448 g/mol. The van der Waals surface area contributed by atoms with Crippen LogP contribution >= 0.6 is 23.2 Å². The van der Waals surface area contributed by atoms with E-state index < -0.39 is 14.9 Å². The Labute approximate surface area is 172 Å². The Morgan fingerprint density at radius 3 is 2.25 bits per heavy atom. The number of anilines is 1. The molecular weight excluding hydrogens is 429 g/mol. The van der Waals surface area contributed by atoms with Crippen molar-refractivity contribution in [3.63, 3.8) is 0 Å². The van der Waals surface area contributed by atoms with E-state index in [1.165, 1.54) is 21.1 Å². The highest BCUT2D eigenvalue weighted by Gasteiger charge is 2.35. The third-order valence-electron chi connectivity index (χ3n) is 4.63. The third-order valence-corrected chi connectivity index (χ3v) is 7.49. The topological polar surface area (TPSA) is 102 Å². The standard InChI is InChI=1S/C16H19Cl2N5O4S/c1-3-13-14(23(24)25)16(20(2)19-13)21-7-9-22(10-8-21)28(26,27)15-11(17)5-4-6-12(15)18/h4-6H,3,7-10H2,1-2H3. The molecule has 0 amide bonds. The van der Waals surface area contributed by atoms with Crippen LogP contribution in [0.4, 0.5) is 11.5 Å². The van der Waals surface area contributed by atoms with Gasteiger partial charge in [0.2, 0.25) is 15.8 Å². The maximum atomic E-state index is 13.0. The Hall–Kier alpha value is -1.88. The normalized spacial score (nSPS) is 15.8. The van der Waals surface area contributed by atoms with Gasteiger partial charge < -0.3 is 4.90 Å². The van der Waals surface area contributed by atoms with Crippen LogP contribution in [0.25, 0.3) is 0 Å². The number of nitro groups is 1. The van der Waals surface area contributed by atoms with E-state index in [1.54, 1.807) is 24.9 Å². The fourth-order valence-electron chi connectivity index (χ4n) is 3.34. The Morgan fingerprint density at radius 2 is 1.75 bits per heavy atom. The molecule has 1 saturated heterocycles. The number of hydrogen-bond donors (Lipinski definition) is 0. The predicted molar refractivity (Wildman–Crippen MR) is 107 cm³/mol. The van der Waals surface area contributed by atoms with E-state index in [2.05, 4.69) is 5.10 Å². The second kappa shape index (κ2) is 7.86. The molecule has 2 heterocycles. The zero-order chi connectivity index (χ0) is 20.6. The molecule has 9 nitrogen and oxygen atoms in total. The minimum atomic E-state index is -3.88. The van der Waals surface area contributed by atoms with E-state index in [0.29, 0.717) is 17.9 Å². The van der Waals surface area contributed by atoms with Crippen LogP contribution in [0.2, 0.25) is 10.0 Å². The van der Waals surface area contributed by atoms with Gasteiger partial charge in [0.25, 0.3) is 0 Å². The summed E-state index contributed by atoms with van der Waals surface area (Å²) in [7, 11) is -2.23. The number of benzene rings is 1. The molecule has 0 aliphatic carbocycles. The molecule has 28 heavy (non-hydrogen) atoms. The van der Waals surface area contributed by atoms with Gasteiger partial charge in [-0.05, 0) is 18.6 Å². The number of sulfonamides is 1. The molecule has 0 atom stereocenters. The highest BCUT2D eigenvalue weighted by Crippen LogP contribution is 2.35. The number of aryl methyl sites for hydroxylation is 2. The summed E-state index contributed by atoms with van der Waals surface area (Å²) in [6.07, 6.45) is 0.434. The maximum Gasteiger partial charge on any atom is 0.334 e. The monoisotopic (exact) mass is 447 g/mol. The van der Waals surface area contributed by atoms with Crippen LogP contribution < -0.4 is 4.90 Å². The summed E-state index contributed by atoms with van der Waals surface area (Å²) in [4.78, 5) is 12.8. The first-order valence-electron chi connectivity index (χ1n) is 8.57. The lowest BCUT2D eigenvalue weighted by atomic mass is 10.2. The van der Waals surface area contributed by atoms with Gasteiger partial charge in [0, 0.05) is 33.2 Å². The number of halogens is 2. The number of rotatable bonds is 5. The Morgan fingerprint density at radius 1 is 1.18 bits per heavy atom. The first kappa shape index (κ1) is 20.8. The molecule has 0 spiro atoms. The van der Waals surface area contributed by atoms with Crippen molar-refractivity contribution in [2.75, 3.05) is 31.1 Å². The van der Waals surface area contributed by atoms with Gasteiger partial charge in [-0.1, -0.05) is 36.2 Å². The van der Waals surface area contributed by atoms with E-state index in [-0.39, 0.29) is 46.8 Å². The van der Waals surface area contributed by atoms with Gasteiger partial charge in [-0.15, -0.1) is 0 Å². The highest BCUT2D eigenvalue weighted by molar-refractivity contribution is 7.89. The zero-order valence-electron chi connectivity index (χ0n) is 15.3. The fourth-order valence-corrected chi connectivity index (χ4v) is 5.85. The molecule has 1 aliphatic heterocycles. The molecule has 0 unspecified atom stereocenters. The minimum absolute atomic E-state index is 0.0320. The molecule has 152 valence electrons. The van der Waals surface area contributed by atoms with Crippen molar-refractivity contribution >= 4 is 44.7 Å². The molecule has 0 N–H and O–H groups in total. The van der Waals surface area contributed by atoms with E-state index in [9.17, 15) is 18.5 Å². The SMILES string of the molecule is CCc1nn(C)c(N2CCN(S(=O)(=O)c3c(Cl)cccc3Cl)CC2)c1[N+](=O)[O-].